The highest BCUT2D eigenvalue weighted by molar-refractivity contribution is 5.91. The van der Waals surface area contributed by atoms with Crippen molar-refractivity contribution >= 4 is 11.7 Å². The summed E-state index contributed by atoms with van der Waals surface area (Å²) in [5.74, 6) is 0.790. The molecular formula is C9H13N3O3. The number of carbonyl (C=O) groups is 1. The first kappa shape index (κ1) is 10.1. The van der Waals surface area contributed by atoms with E-state index in [-0.39, 0.29) is 12.5 Å². The van der Waals surface area contributed by atoms with Crippen LogP contribution < -0.4 is 5.32 Å². The van der Waals surface area contributed by atoms with Gasteiger partial charge in [0.1, 0.15) is 12.3 Å². The second-order valence-electron chi connectivity index (χ2n) is 3.70. The number of nitrogens with zero attached hydrogens (tertiary/aromatic N) is 2. The van der Waals surface area contributed by atoms with E-state index in [2.05, 4.69) is 20.3 Å². The first-order valence-electron chi connectivity index (χ1n) is 4.92. The van der Waals surface area contributed by atoms with Crippen LogP contribution in [0.2, 0.25) is 0 Å². The van der Waals surface area contributed by atoms with Crippen molar-refractivity contribution in [3.05, 3.63) is 5.69 Å². The predicted molar refractivity (Wildman–Crippen MR) is 51.2 cm³/mol. The zero-order valence-corrected chi connectivity index (χ0v) is 8.52. The Morgan fingerprint density at radius 3 is 3.00 bits per heavy atom. The molecule has 6 heteroatoms. The van der Waals surface area contributed by atoms with E-state index in [1.807, 2.05) is 0 Å². The second-order valence-corrected chi connectivity index (χ2v) is 3.70. The molecule has 1 aliphatic rings. The van der Waals surface area contributed by atoms with Crippen LogP contribution in [-0.2, 0) is 9.53 Å². The zero-order valence-electron chi connectivity index (χ0n) is 8.52. The van der Waals surface area contributed by atoms with Gasteiger partial charge >= 0.3 is 0 Å². The van der Waals surface area contributed by atoms with Crippen LogP contribution in [-0.4, -0.2) is 29.4 Å². The van der Waals surface area contributed by atoms with Crippen LogP contribution in [0, 0.1) is 12.8 Å². The lowest BCUT2D eigenvalue weighted by Crippen LogP contribution is -2.19. The van der Waals surface area contributed by atoms with Crippen LogP contribution >= 0.6 is 0 Å². The summed E-state index contributed by atoms with van der Waals surface area (Å²) in [6.45, 7) is 2.43. The van der Waals surface area contributed by atoms with Gasteiger partial charge in [0.15, 0.2) is 5.82 Å². The van der Waals surface area contributed by atoms with Crippen molar-refractivity contribution in [1.29, 1.82) is 0 Å². The summed E-state index contributed by atoms with van der Waals surface area (Å²) in [5.41, 5.74) is 0.561. The van der Waals surface area contributed by atoms with Crippen LogP contribution in [0.5, 0.6) is 0 Å². The molecule has 15 heavy (non-hydrogen) atoms. The topological polar surface area (TPSA) is 77.3 Å². The molecule has 0 radical (unpaired) electrons. The van der Waals surface area contributed by atoms with E-state index < -0.39 is 0 Å². The number of nitrogens with one attached hydrogen (secondary N) is 1. The van der Waals surface area contributed by atoms with Crippen molar-refractivity contribution in [3.8, 4) is 0 Å². The second kappa shape index (κ2) is 4.39. The SMILES string of the molecule is Cc1nonc1NC(=O)COCC1CC1. The van der Waals surface area contributed by atoms with Gasteiger partial charge in [-0.15, -0.1) is 0 Å². The molecule has 1 N–H and O–H groups in total. The Morgan fingerprint density at radius 1 is 1.60 bits per heavy atom. The van der Waals surface area contributed by atoms with E-state index in [1.54, 1.807) is 6.92 Å². The lowest BCUT2D eigenvalue weighted by molar-refractivity contribution is -0.120. The van der Waals surface area contributed by atoms with Crippen molar-refractivity contribution in [2.45, 2.75) is 19.8 Å². The Labute approximate surface area is 86.9 Å². The number of hydrogen-bond acceptors (Lipinski definition) is 5. The average molecular weight is 211 g/mol. The zero-order chi connectivity index (χ0) is 10.7. The Morgan fingerprint density at radius 2 is 2.40 bits per heavy atom. The van der Waals surface area contributed by atoms with Gasteiger partial charge in [0.25, 0.3) is 5.91 Å². The van der Waals surface area contributed by atoms with Gasteiger partial charge in [-0.05, 0) is 30.8 Å². The smallest absolute Gasteiger partial charge is 0.251 e. The lowest BCUT2D eigenvalue weighted by atomic mass is 10.4. The normalized spacial score (nSPS) is 15.3. The maximum atomic E-state index is 11.3. The number of anilines is 1. The van der Waals surface area contributed by atoms with Crippen molar-refractivity contribution < 1.29 is 14.2 Å². The van der Waals surface area contributed by atoms with Crippen LogP contribution in [0.3, 0.4) is 0 Å². The highest BCUT2D eigenvalue weighted by Gasteiger charge is 2.21. The lowest BCUT2D eigenvalue weighted by Gasteiger charge is -2.02. The molecule has 1 aromatic heterocycles. The highest BCUT2D eigenvalue weighted by Crippen LogP contribution is 2.28. The summed E-state index contributed by atoms with van der Waals surface area (Å²) in [6.07, 6.45) is 2.43. The fraction of sp³-hybridized carbons (Fsp3) is 0.667. The number of amides is 1. The standard InChI is InChI=1S/C9H13N3O3/c1-6-9(12-15-11-6)10-8(13)5-14-4-7-2-3-7/h7H,2-5H2,1H3,(H,10,12,13). The first-order chi connectivity index (χ1) is 7.25. The predicted octanol–water partition coefficient (Wildman–Crippen LogP) is 0.743. The third-order valence-electron chi connectivity index (χ3n) is 2.19. The van der Waals surface area contributed by atoms with Crippen molar-refractivity contribution in [2.24, 2.45) is 5.92 Å². The van der Waals surface area contributed by atoms with E-state index in [9.17, 15) is 4.79 Å². The largest absolute Gasteiger partial charge is 0.371 e. The minimum Gasteiger partial charge on any atom is -0.371 e. The molecule has 0 atom stereocenters. The molecule has 0 bridgehead atoms. The summed E-state index contributed by atoms with van der Waals surface area (Å²) in [5, 5.41) is 9.64. The Kier molecular flexibility index (Phi) is 2.96. The minimum absolute atomic E-state index is 0.0583. The number of hydrogen-bond donors (Lipinski definition) is 1. The summed E-state index contributed by atoms with van der Waals surface area (Å²) in [4.78, 5) is 11.3. The molecule has 0 aromatic carbocycles. The quantitative estimate of drug-likeness (QED) is 0.777. The minimum atomic E-state index is -0.227. The number of rotatable bonds is 5. The maximum Gasteiger partial charge on any atom is 0.251 e. The van der Waals surface area contributed by atoms with Gasteiger partial charge in [0, 0.05) is 0 Å². The molecule has 2 rings (SSSR count). The molecule has 1 heterocycles. The van der Waals surface area contributed by atoms with Crippen LogP contribution in [0.1, 0.15) is 18.5 Å². The Balaban J connectivity index is 1.69. The molecule has 82 valence electrons. The number of carbonyl (C=O) groups excluding carboxylic acids is 1. The van der Waals surface area contributed by atoms with Crippen molar-refractivity contribution in [3.63, 3.8) is 0 Å². The Hall–Kier alpha value is -1.43. The van der Waals surface area contributed by atoms with Crippen LogP contribution in [0.4, 0.5) is 5.82 Å². The summed E-state index contributed by atoms with van der Waals surface area (Å²) >= 11 is 0. The van der Waals surface area contributed by atoms with E-state index in [1.165, 1.54) is 12.8 Å². The molecule has 1 fully saturated rings. The third-order valence-corrected chi connectivity index (χ3v) is 2.19. The van der Waals surface area contributed by atoms with E-state index >= 15 is 0 Å². The fourth-order valence-electron chi connectivity index (χ4n) is 1.12. The summed E-state index contributed by atoms with van der Waals surface area (Å²) < 4.78 is 9.66. The van der Waals surface area contributed by atoms with Crippen LogP contribution in [0.25, 0.3) is 0 Å². The highest BCUT2D eigenvalue weighted by atomic mass is 16.6. The monoisotopic (exact) mass is 211 g/mol. The van der Waals surface area contributed by atoms with E-state index in [0.717, 1.165) is 0 Å². The summed E-state index contributed by atoms with van der Waals surface area (Å²) in [7, 11) is 0. The van der Waals surface area contributed by atoms with Crippen LogP contribution in [0.15, 0.2) is 4.63 Å². The van der Waals surface area contributed by atoms with E-state index in [4.69, 9.17) is 4.74 Å². The first-order valence-corrected chi connectivity index (χ1v) is 4.92. The van der Waals surface area contributed by atoms with Crippen molar-refractivity contribution in [2.75, 3.05) is 18.5 Å². The van der Waals surface area contributed by atoms with Gasteiger partial charge in [0.2, 0.25) is 0 Å². The third kappa shape index (κ3) is 3.02. The van der Waals surface area contributed by atoms with Gasteiger partial charge in [0.05, 0.1) is 6.61 Å². The number of ether oxygens (including phenoxy) is 1. The number of aromatic nitrogens is 2. The average Bonchev–Trinajstić information content (AvgIpc) is 2.93. The molecule has 1 aromatic rings. The molecule has 0 aliphatic heterocycles. The molecular weight excluding hydrogens is 198 g/mol. The molecule has 0 saturated heterocycles. The van der Waals surface area contributed by atoms with Gasteiger partial charge in [-0.2, -0.15) is 0 Å². The van der Waals surface area contributed by atoms with Gasteiger partial charge in [-0.3, -0.25) is 4.79 Å². The number of aryl methyl sites for hydroxylation is 1. The molecule has 0 unspecified atom stereocenters. The van der Waals surface area contributed by atoms with Gasteiger partial charge in [-0.1, -0.05) is 5.16 Å². The molecule has 1 saturated carbocycles. The fourth-order valence-corrected chi connectivity index (χ4v) is 1.12. The van der Waals surface area contributed by atoms with Gasteiger partial charge < -0.3 is 10.1 Å². The Bertz CT molecular complexity index is 346. The van der Waals surface area contributed by atoms with Crippen molar-refractivity contribution in [1.82, 2.24) is 10.3 Å². The van der Waals surface area contributed by atoms with E-state index in [0.29, 0.717) is 24.0 Å². The molecule has 1 aliphatic carbocycles. The van der Waals surface area contributed by atoms with Gasteiger partial charge in [-0.25, -0.2) is 4.63 Å². The molecule has 6 nitrogen and oxygen atoms in total. The summed E-state index contributed by atoms with van der Waals surface area (Å²) in [6, 6.07) is 0. The maximum absolute atomic E-state index is 11.3. The molecule has 0 spiro atoms. The molecule has 1 amide bonds.